The van der Waals surface area contributed by atoms with Crippen LogP contribution in [0.4, 0.5) is 4.79 Å². The summed E-state index contributed by atoms with van der Waals surface area (Å²) in [5.74, 6) is 0.332. The Balaban J connectivity index is 1.93. The van der Waals surface area contributed by atoms with Crippen LogP contribution in [-0.2, 0) is 4.74 Å². The maximum Gasteiger partial charge on any atom is 0.410 e. The van der Waals surface area contributed by atoms with Gasteiger partial charge in [-0.05, 0) is 46.4 Å². The molecule has 0 aromatic rings. The van der Waals surface area contributed by atoms with Crippen LogP contribution >= 0.6 is 11.6 Å². The molecule has 126 valence electrons. The van der Waals surface area contributed by atoms with E-state index in [-0.39, 0.29) is 17.3 Å². The highest BCUT2D eigenvalue weighted by atomic mass is 35.5. The van der Waals surface area contributed by atoms with Gasteiger partial charge in [-0.25, -0.2) is 4.79 Å². The third-order valence-electron chi connectivity index (χ3n) is 3.79. The molecule has 0 aromatic carbocycles. The Morgan fingerprint density at radius 2 is 2.04 bits per heavy atom. The molecule has 0 spiro atoms. The molecule has 0 aromatic heterocycles. The minimum Gasteiger partial charge on any atom is -0.444 e. The fourth-order valence-corrected chi connectivity index (χ4v) is 2.81. The lowest BCUT2D eigenvalue weighted by molar-refractivity contribution is 0.0184. The Morgan fingerprint density at radius 1 is 1.43 bits per heavy atom. The van der Waals surface area contributed by atoms with Crippen molar-refractivity contribution >= 4 is 30.2 Å². The summed E-state index contributed by atoms with van der Waals surface area (Å²) in [6.07, 6.45) is 4.90. The van der Waals surface area contributed by atoms with Crippen LogP contribution in [0.25, 0.3) is 0 Å². The standard InChI is InChI=1S/C16H23ClN4O2/c1-16(2,3)23-15(22)20-8-5-11(6-9-20)21-10-7-12(14(21)18)13(17)19-4/h7,10-11,18H,4-6,8-9H2,1-3H3/b13-12-,18-14?. The number of aliphatic imine (C=N–C) groups is 1. The van der Waals surface area contributed by atoms with Gasteiger partial charge in [0.15, 0.2) is 0 Å². The molecule has 0 atom stereocenters. The first-order valence-corrected chi connectivity index (χ1v) is 8.00. The summed E-state index contributed by atoms with van der Waals surface area (Å²) in [6.45, 7) is 10.2. The Bertz CT molecular complexity index is 569. The first-order chi connectivity index (χ1) is 10.7. The number of piperidine rings is 1. The topological polar surface area (TPSA) is 69.0 Å². The molecule has 2 heterocycles. The van der Waals surface area contributed by atoms with Gasteiger partial charge in [0.25, 0.3) is 0 Å². The second-order valence-electron chi connectivity index (χ2n) is 6.63. The molecule has 1 saturated heterocycles. The van der Waals surface area contributed by atoms with E-state index in [1.807, 2.05) is 31.9 Å². The summed E-state index contributed by atoms with van der Waals surface area (Å²) in [7, 11) is 0. The summed E-state index contributed by atoms with van der Waals surface area (Å²) in [5, 5.41) is 8.45. The molecule has 1 fully saturated rings. The lowest BCUT2D eigenvalue weighted by Crippen LogP contribution is -2.47. The van der Waals surface area contributed by atoms with Crippen LogP contribution in [0.3, 0.4) is 0 Å². The van der Waals surface area contributed by atoms with Gasteiger partial charge in [0.1, 0.15) is 16.6 Å². The van der Waals surface area contributed by atoms with Gasteiger partial charge < -0.3 is 14.5 Å². The van der Waals surface area contributed by atoms with Crippen LogP contribution in [0.1, 0.15) is 33.6 Å². The molecule has 2 aliphatic heterocycles. The quantitative estimate of drug-likeness (QED) is 0.620. The summed E-state index contributed by atoms with van der Waals surface area (Å²) in [4.78, 5) is 19.4. The van der Waals surface area contributed by atoms with Crippen molar-refractivity contribution in [2.24, 2.45) is 4.99 Å². The molecule has 2 rings (SSSR count). The third-order valence-corrected chi connectivity index (χ3v) is 4.11. The van der Waals surface area contributed by atoms with Crippen molar-refractivity contribution in [2.75, 3.05) is 13.1 Å². The Labute approximate surface area is 142 Å². The highest BCUT2D eigenvalue weighted by Gasteiger charge is 2.32. The van der Waals surface area contributed by atoms with Crippen molar-refractivity contribution in [1.82, 2.24) is 9.80 Å². The van der Waals surface area contributed by atoms with Gasteiger partial charge >= 0.3 is 6.09 Å². The zero-order valence-corrected chi connectivity index (χ0v) is 14.6. The van der Waals surface area contributed by atoms with E-state index in [0.29, 0.717) is 24.5 Å². The molecule has 0 bridgehead atoms. The van der Waals surface area contributed by atoms with Crippen LogP contribution < -0.4 is 0 Å². The number of halogens is 1. The van der Waals surface area contributed by atoms with Crippen molar-refractivity contribution in [2.45, 2.75) is 45.3 Å². The average molecular weight is 339 g/mol. The Kier molecular flexibility index (Phi) is 5.14. The zero-order chi connectivity index (χ0) is 17.2. The van der Waals surface area contributed by atoms with E-state index in [0.717, 1.165) is 12.8 Å². The van der Waals surface area contributed by atoms with Crippen molar-refractivity contribution in [3.63, 3.8) is 0 Å². The number of nitrogens with zero attached hydrogens (tertiary/aromatic N) is 3. The van der Waals surface area contributed by atoms with Gasteiger partial charge in [-0.2, -0.15) is 0 Å². The summed E-state index contributed by atoms with van der Waals surface area (Å²) < 4.78 is 5.40. The van der Waals surface area contributed by atoms with E-state index < -0.39 is 5.60 Å². The normalized spacial score (nSPS) is 21.7. The third kappa shape index (κ3) is 4.13. The molecule has 7 heteroatoms. The van der Waals surface area contributed by atoms with Crippen LogP contribution in [0.15, 0.2) is 28.0 Å². The number of ether oxygens (including phenoxy) is 1. The maximum absolute atomic E-state index is 12.1. The smallest absolute Gasteiger partial charge is 0.410 e. The average Bonchev–Trinajstić information content (AvgIpc) is 2.86. The summed E-state index contributed by atoms with van der Waals surface area (Å²) in [6, 6.07) is 0.171. The van der Waals surface area contributed by atoms with Crippen LogP contribution in [0.2, 0.25) is 0 Å². The first-order valence-electron chi connectivity index (χ1n) is 7.63. The second-order valence-corrected chi connectivity index (χ2v) is 6.99. The van der Waals surface area contributed by atoms with E-state index in [4.69, 9.17) is 21.7 Å². The highest BCUT2D eigenvalue weighted by Crippen LogP contribution is 2.27. The van der Waals surface area contributed by atoms with E-state index in [1.54, 1.807) is 11.0 Å². The minimum absolute atomic E-state index is 0.171. The lowest BCUT2D eigenvalue weighted by atomic mass is 10.0. The van der Waals surface area contributed by atoms with Crippen molar-refractivity contribution in [3.05, 3.63) is 23.0 Å². The van der Waals surface area contributed by atoms with Gasteiger partial charge in [-0.3, -0.25) is 10.4 Å². The Morgan fingerprint density at radius 3 is 2.57 bits per heavy atom. The largest absolute Gasteiger partial charge is 0.444 e. The number of carbonyl (C=O) groups is 1. The number of hydrogen-bond donors (Lipinski definition) is 1. The molecule has 0 saturated carbocycles. The Hall–Kier alpha value is -1.82. The van der Waals surface area contributed by atoms with Crippen molar-refractivity contribution in [1.29, 1.82) is 5.41 Å². The molecular formula is C16H23ClN4O2. The van der Waals surface area contributed by atoms with Gasteiger partial charge in [0.2, 0.25) is 0 Å². The van der Waals surface area contributed by atoms with Gasteiger partial charge in [0, 0.05) is 25.3 Å². The van der Waals surface area contributed by atoms with Gasteiger partial charge in [-0.1, -0.05) is 11.6 Å². The molecule has 6 nitrogen and oxygen atoms in total. The molecule has 1 N–H and O–H groups in total. The minimum atomic E-state index is -0.484. The number of carbonyl (C=O) groups excluding carboxylic acids is 1. The fourth-order valence-electron chi connectivity index (χ4n) is 2.66. The number of rotatable bonds is 2. The SMILES string of the molecule is C=N/C(Cl)=C1/C=CN(C2CCN(C(=O)OC(C)(C)C)CC2)C1=N. The molecule has 23 heavy (non-hydrogen) atoms. The summed E-state index contributed by atoms with van der Waals surface area (Å²) >= 11 is 5.96. The number of amides is 1. The van der Waals surface area contributed by atoms with Crippen molar-refractivity contribution < 1.29 is 9.53 Å². The lowest BCUT2D eigenvalue weighted by Gasteiger charge is -2.37. The predicted octanol–water partition coefficient (Wildman–Crippen LogP) is 3.34. The molecule has 1 amide bonds. The predicted molar refractivity (Wildman–Crippen MR) is 92.0 cm³/mol. The van der Waals surface area contributed by atoms with Crippen LogP contribution in [0, 0.1) is 5.41 Å². The molecule has 0 unspecified atom stereocenters. The van der Waals surface area contributed by atoms with Crippen molar-refractivity contribution in [3.8, 4) is 0 Å². The molecular weight excluding hydrogens is 316 g/mol. The number of hydrogen-bond acceptors (Lipinski definition) is 4. The number of amidine groups is 1. The first kappa shape index (κ1) is 17.5. The highest BCUT2D eigenvalue weighted by molar-refractivity contribution is 6.32. The van der Waals surface area contributed by atoms with Crippen LogP contribution in [0.5, 0.6) is 0 Å². The molecule has 0 radical (unpaired) electrons. The van der Waals surface area contributed by atoms with E-state index >= 15 is 0 Å². The number of nitrogens with one attached hydrogen (secondary N) is 1. The monoisotopic (exact) mass is 338 g/mol. The number of likely N-dealkylation sites (tertiary alicyclic amines) is 1. The fraction of sp³-hybridized carbons (Fsp3) is 0.562. The maximum atomic E-state index is 12.1. The van der Waals surface area contributed by atoms with Gasteiger partial charge in [0.05, 0.1) is 5.57 Å². The molecule has 0 aliphatic carbocycles. The van der Waals surface area contributed by atoms with E-state index in [1.165, 1.54) is 0 Å². The molecule has 2 aliphatic rings. The van der Waals surface area contributed by atoms with Gasteiger partial charge in [-0.15, -0.1) is 0 Å². The summed E-state index contributed by atoms with van der Waals surface area (Å²) in [5.41, 5.74) is 0.0956. The van der Waals surface area contributed by atoms with E-state index in [2.05, 4.69) is 11.7 Å². The van der Waals surface area contributed by atoms with E-state index in [9.17, 15) is 4.79 Å². The zero-order valence-electron chi connectivity index (χ0n) is 13.8. The van der Waals surface area contributed by atoms with Crippen LogP contribution in [-0.4, -0.2) is 53.2 Å². The second kappa shape index (κ2) is 6.74.